The van der Waals surface area contributed by atoms with Crippen molar-refractivity contribution in [2.45, 2.75) is 24.4 Å². The van der Waals surface area contributed by atoms with Gasteiger partial charge in [-0.25, -0.2) is 0 Å². The molecule has 0 fully saturated rings. The van der Waals surface area contributed by atoms with Gasteiger partial charge in [-0.2, -0.15) is 0 Å². The molecule has 0 aliphatic heterocycles. The normalized spacial score (nSPS) is 12.0. The van der Waals surface area contributed by atoms with Crippen LogP contribution in [-0.2, 0) is 11.3 Å². The summed E-state index contributed by atoms with van der Waals surface area (Å²) in [5, 5.41) is 13.5. The van der Waals surface area contributed by atoms with Gasteiger partial charge in [0.2, 0.25) is 5.91 Å². The Morgan fingerprint density at radius 3 is 2.56 bits per heavy atom. The lowest BCUT2D eigenvalue weighted by atomic mass is 10.2. The Bertz CT molecular complexity index is 749. The molecule has 0 aromatic heterocycles. The van der Waals surface area contributed by atoms with E-state index in [0.717, 1.165) is 5.56 Å². The van der Waals surface area contributed by atoms with Crippen molar-refractivity contribution < 1.29 is 9.72 Å². The van der Waals surface area contributed by atoms with Gasteiger partial charge in [0, 0.05) is 29.3 Å². The first kappa shape index (κ1) is 19.0. The maximum atomic E-state index is 12.4. The summed E-state index contributed by atoms with van der Waals surface area (Å²) in [4.78, 5) is 25.9. The Morgan fingerprint density at radius 1 is 1.28 bits per heavy atom. The zero-order valence-corrected chi connectivity index (χ0v) is 15.2. The largest absolute Gasteiger partial charge is 0.324 e. The lowest BCUT2D eigenvalue weighted by molar-refractivity contribution is -0.384. The van der Waals surface area contributed by atoms with Gasteiger partial charge in [0.05, 0.1) is 11.0 Å². The minimum absolute atomic E-state index is 0.0484. The highest BCUT2D eigenvalue weighted by Crippen LogP contribution is 2.18. The van der Waals surface area contributed by atoms with E-state index in [4.69, 9.17) is 0 Å². The van der Waals surface area contributed by atoms with E-state index in [1.807, 2.05) is 37.3 Å². The van der Waals surface area contributed by atoms with Crippen LogP contribution in [0.2, 0.25) is 0 Å². The van der Waals surface area contributed by atoms with Crippen LogP contribution in [0.5, 0.6) is 0 Å². The lowest BCUT2D eigenvalue weighted by Gasteiger charge is -2.24. The number of nitrogens with one attached hydrogen (secondary N) is 1. The highest BCUT2D eigenvalue weighted by atomic mass is 32.2. The molecule has 0 spiro atoms. The van der Waals surface area contributed by atoms with Gasteiger partial charge < -0.3 is 5.32 Å². The summed E-state index contributed by atoms with van der Waals surface area (Å²) in [6.07, 6.45) is 2.03. The molecular formula is C18H21N3O3S. The summed E-state index contributed by atoms with van der Waals surface area (Å²) in [6, 6.07) is 13.8. The number of carbonyl (C=O) groups excluding carboxylic acids is 1. The Morgan fingerprint density at radius 2 is 1.96 bits per heavy atom. The first-order valence-electron chi connectivity index (χ1n) is 7.79. The van der Waals surface area contributed by atoms with E-state index in [1.54, 1.807) is 23.9 Å². The molecule has 1 amide bonds. The van der Waals surface area contributed by atoms with Crippen molar-refractivity contribution in [2.24, 2.45) is 0 Å². The second-order valence-electron chi connectivity index (χ2n) is 5.74. The number of rotatable bonds is 7. The van der Waals surface area contributed by atoms with E-state index >= 15 is 0 Å². The van der Waals surface area contributed by atoms with Crippen LogP contribution in [-0.4, -0.2) is 35.1 Å². The molecule has 2 aromatic rings. The van der Waals surface area contributed by atoms with Crippen LogP contribution in [0.15, 0.2) is 53.4 Å². The number of nitro groups is 1. The van der Waals surface area contributed by atoms with Gasteiger partial charge in [-0.3, -0.25) is 19.8 Å². The maximum absolute atomic E-state index is 12.4. The first-order chi connectivity index (χ1) is 11.9. The SMILES string of the molecule is CSc1ccc(CN(C)[C@H](C)C(=O)Nc2cccc([N+](=O)[O-])c2)cc1. The van der Waals surface area contributed by atoms with Crippen molar-refractivity contribution >= 4 is 29.0 Å². The van der Waals surface area contributed by atoms with Gasteiger partial charge in [0.25, 0.3) is 5.69 Å². The van der Waals surface area contributed by atoms with E-state index < -0.39 is 4.92 Å². The molecule has 2 rings (SSSR count). The van der Waals surface area contributed by atoms with Crippen molar-refractivity contribution in [3.8, 4) is 0 Å². The third-order valence-electron chi connectivity index (χ3n) is 3.96. The lowest BCUT2D eigenvalue weighted by Crippen LogP contribution is -2.39. The highest BCUT2D eigenvalue weighted by molar-refractivity contribution is 7.98. The van der Waals surface area contributed by atoms with E-state index in [-0.39, 0.29) is 17.6 Å². The number of amides is 1. The number of nitro benzene ring substituents is 1. The van der Waals surface area contributed by atoms with Crippen LogP contribution in [0.4, 0.5) is 11.4 Å². The number of nitrogens with zero attached hydrogens (tertiary/aromatic N) is 2. The van der Waals surface area contributed by atoms with E-state index in [2.05, 4.69) is 17.4 Å². The molecule has 0 aliphatic carbocycles. The number of non-ortho nitro benzene ring substituents is 1. The molecule has 0 saturated carbocycles. The van der Waals surface area contributed by atoms with E-state index in [0.29, 0.717) is 12.2 Å². The Kier molecular flexibility index (Phi) is 6.55. The average Bonchev–Trinajstić information content (AvgIpc) is 2.61. The maximum Gasteiger partial charge on any atom is 0.271 e. The number of likely N-dealkylation sites (N-methyl/N-ethyl adjacent to an activating group) is 1. The molecule has 0 heterocycles. The molecule has 2 aromatic carbocycles. The Balaban J connectivity index is 1.98. The summed E-state index contributed by atoms with van der Waals surface area (Å²) in [6.45, 7) is 2.45. The van der Waals surface area contributed by atoms with Crippen LogP contribution < -0.4 is 5.32 Å². The van der Waals surface area contributed by atoms with Crippen LogP contribution in [0.25, 0.3) is 0 Å². The fourth-order valence-electron chi connectivity index (χ4n) is 2.30. The number of carbonyl (C=O) groups is 1. The monoisotopic (exact) mass is 359 g/mol. The number of hydrogen-bond donors (Lipinski definition) is 1. The fourth-order valence-corrected chi connectivity index (χ4v) is 2.71. The summed E-state index contributed by atoms with van der Waals surface area (Å²) < 4.78 is 0. The van der Waals surface area contributed by atoms with Crippen LogP contribution in [0.3, 0.4) is 0 Å². The van der Waals surface area contributed by atoms with Crippen molar-refractivity contribution in [3.05, 3.63) is 64.2 Å². The van der Waals surface area contributed by atoms with Crippen LogP contribution in [0, 0.1) is 10.1 Å². The third kappa shape index (κ3) is 5.30. The van der Waals surface area contributed by atoms with Crippen LogP contribution in [0.1, 0.15) is 12.5 Å². The minimum Gasteiger partial charge on any atom is -0.324 e. The molecule has 1 N–H and O–H groups in total. The molecular weight excluding hydrogens is 338 g/mol. The molecule has 7 heteroatoms. The van der Waals surface area contributed by atoms with Crippen LogP contribution >= 0.6 is 11.8 Å². The van der Waals surface area contributed by atoms with Gasteiger partial charge >= 0.3 is 0 Å². The fraction of sp³-hybridized carbons (Fsp3) is 0.278. The van der Waals surface area contributed by atoms with Gasteiger partial charge in [0.1, 0.15) is 0 Å². The quantitative estimate of drug-likeness (QED) is 0.463. The second-order valence-corrected chi connectivity index (χ2v) is 6.62. The molecule has 25 heavy (non-hydrogen) atoms. The minimum atomic E-state index is -0.483. The zero-order chi connectivity index (χ0) is 18.4. The molecule has 6 nitrogen and oxygen atoms in total. The standard InChI is InChI=1S/C18H21N3O3S/c1-13(20(2)12-14-7-9-17(25-3)10-8-14)18(22)19-15-5-4-6-16(11-15)21(23)24/h4-11,13H,12H2,1-3H3,(H,19,22)/t13-/m1/s1. The Labute approximate surface area is 151 Å². The predicted molar refractivity (Wildman–Crippen MR) is 101 cm³/mol. The van der Waals surface area contributed by atoms with Gasteiger partial charge in [-0.05, 0) is 44.0 Å². The van der Waals surface area contributed by atoms with Gasteiger partial charge in [0.15, 0.2) is 0 Å². The smallest absolute Gasteiger partial charge is 0.271 e. The zero-order valence-electron chi connectivity index (χ0n) is 14.4. The third-order valence-corrected chi connectivity index (χ3v) is 4.70. The van der Waals surface area contributed by atoms with E-state index in [1.165, 1.54) is 17.0 Å². The average molecular weight is 359 g/mol. The summed E-state index contributed by atoms with van der Waals surface area (Å²) >= 11 is 1.69. The number of anilines is 1. The molecule has 0 bridgehead atoms. The number of thioether (sulfide) groups is 1. The number of hydrogen-bond acceptors (Lipinski definition) is 5. The number of benzene rings is 2. The molecule has 1 atom stereocenters. The van der Waals surface area contributed by atoms with Crippen molar-refractivity contribution in [3.63, 3.8) is 0 Å². The predicted octanol–water partition coefficient (Wildman–Crippen LogP) is 3.78. The molecule has 0 unspecified atom stereocenters. The summed E-state index contributed by atoms with van der Waals surface area (Å²) in [5.41, 5.74) is 1.49. The summed E-state index contributed by atoms with van der Waals surface area (Å²) in [7, 11) is 1.88. The van der Waals surface area contributed by atoms with Crippen molar-refractivity contribution in [1.29, 1.82) is 0 Å². The van der Waals surface area contributed by atoms with E-state index in [9.17, 15) is 14.9 Å². The Hall–Kier alpha value is -2.38. The topological polar surface area (TPSA) is 75.5 Å². The molecule has 0 saturated heterocycles. The van der Waals surface area contributed by atoms with Crippen molar-refractivity contribution in [2.75, 3.05) is 18.6 Å². The summed E-state index contributed by atoms with van der Waals surface area (Å²) in [5.74, 6) is -0.205. The first-order valence-corrected chi connectivity index (χ1v) is 9.01. The second kappa shape index (κ2) is 8.64. The van der Waals surface area contributed by atoms with Gasteiger partial charge in [-0.1, -0.05) is 18.2 Å². The molecule has 0 radical (unpaired) electrons. The molecule has 132 valence electrons. The highest BCUT2D eigenvalue weighted by Gasteiger charge is 2.19. The van der Waals surface area contributed by atoms with Crippen molar-refractivity contribution in [1.82, 2.24) is 4.90 Å². The molecule has 0 aliphatic rings. The van der Waals surface area contributed by atoms with Gasteiger partial charge in [-0.15, -0.1) is 11.8 Å².